The van der Waals surface area contributed by atoms with Crippen molar-refractivity contribution < 1.29 is 13.2 Å². The molecule has 100 valence electrons. The Morgan fingerprint density at radius 3 is 2.42 bits per heavy atom. The molecule has 2 aromatic rings. The lowest BCUT2D eigenvalue weighted by Crippen LogP contribution is -2.22. The first-order chi connectivity index (χ1) is 8.79. The fourth-order valence-electron chi connectivity index (χ4n) is 1.91. The first-order valence-corrected chi connectivity index (χ1v) is 5.73. The number of anilines is 1. The van der Waals surface area contributed by atoms with Crippen LogP contribution in [0.4, 0.5) is 19.0 Å². The third kappa shape index (κ3) is 1.99. The quantitative estimate of drug-likeness (QED) is 0.831. The van der Waals surface area contributed by atoms with E-state index in [0.717, 1.165) is 25.0 Å². The molecule has 1 heterocycles. The molecule has 0 radical (unpaired) electrons. The van der Waals surface area contributed by atoms with Crippen LogP contribution in [0.1, 0.15) is 24.2 Å². The monoisotopic (exact) mass is 268 g/mol. The van der Waals surface area contributed by atoms with E-state index < -0.39 is 17.3 Å². The van der Waals surface area contributed by atoms with Gasteiger partial charge in [-0.2, -0.15) is 13.2 Å². The van der Waals surface area contributed by atoms with Gasteiger partial charge in [-0.15, -0.1) is 0 Å². The van der Waals surface area contributed by atoms with Crippen LogP contribution in [-0.4, -0.2) is 9.97 Å². The van der Waals surface area contributed by atoms with Gasteiger partial charge in [0.25, 0.3) is 0 Å². The Balaban J connectivity index is 2.18. The van der Waals surface area contributed by atoms with E-state index in [-0.39, 0.29) is 11.2 Å². The second-order valence-electron chi connectivity index (χ2n) is 4.82. The molecule has 1 fully saturated rings. The number of fused-ring (bicyclic) bond motifs is 1. The van der Waals surface area contributed by atoms with Gasteiger partial charge in [-0.3, -0.25) is 0 Å². The Morgan fingerprint density at radius 2 is 1.84 bits per heavy atom. The molecular formula is C12H11F3N4. The van der Waals surface area contributed by atoms with Gasteiger partial charge in [-0.25, -0.2) is 9.97 Å². The predicted molar refractivity (Wildman–Crippen MR) is 64.1 cm³/mol. The van der Waals surface area contributed by atoms with Crippen molar-refractivity contribution in [1.82, 2.24) is 9.97 Å². The zero-order chi connectivity index (χ0) is 13.8. The number of hydrogen-bond donors (Lipinski definition) is 2. The average Bonchev–Trinajstić information content (AvgIpc) is 3.07. The molecule has 1 saturated carbocycles. The largest absolute Gasteiger partial charge is 0.416 e. The maximum atomic E-state index is 12.6. The maximum absolute atomic E-state index is 12.6. The molecule has 3 rings (SSSR count). The van der Waals surface area contributed by atoms with Crippen LogP contribution in [0.5, 0.6) is 0 Å². The molecule has 1 aliphatic rings. The van der Waals surface area contributed by atoms with E-state index in [2.05, 4.69) is 9.97 Å². The summed E-state index contributed by atoms with van der Waals surface area (Å²) in [5.41, 5.74) is 10.7. The second kappa shape index (κ2) is 3.57. The highest BCUT2D eigenvalue weighted by atomic mass is 19.4. The van der Waals surface area contributed by atoms with E-state index in [1.54, 1.807) is 0 Å². The van der Waals surface area contributed by atoms with Crippen molar-refractivity contribution in [3.8, 4) is 0 Å². The van der Waals surface area contributed by atoms with Crippen molar-refractivity contribution in [2.24, 2.45) is 5.73 Å². The first kappa shape index (κ1) is 12.2. The minimum atomic E-state index is -4.41. The van der Waals surface area contributed by atoms with Crippen molar-refractivity contribution in [2.45, 2.75) is 24.6 Å². The molecule has 1 aromatic heterocycles. The molecule has 0 bridgehead atoms. The molecule has 4 N–H and O–H groups in total. The molecular weight excluding hydrogens is 257 g/mol. The van der Waals surface area contributed by atoms with Crippen LogP contribution >= 0.6 is 0 Å². The Labute approximate surface area is 106 Å². The molecule has 19 heavy (non-hydrogen) atoms. The van der Waals surface area contributed by atoms with Crippen LogP contribution in [-0.2, 0) is 11.7 Å². The third-order valence-electron chi connectivity index (χ3n) is 3.29. The highest BCUT2D eigenvalue weighted by molar-refractivity contribution is 5.88. The smallest absolute Gasteiger partial charge is 0.383 e. The lowest BCUT2D eigenvalue weighted by molar-refractivity contribution is -0.137. The normalized spacial score (nSPS) is 17.7. The number of aromatic nitrogens is 2. The Hall–Kier alpha value is -1.89. The minimum absolute atomic E-state index is 0.0304. The second-order valence-corrected chi connectivity index (χ2v) is 4.82. The van der Waals surface area contributed by atoms with Crippen molar-refractivity contribution >= 4 is 16.7 Å². The van der Waals surface area contributed by atoms with Gasteiger partial charge in [0.1, 0.15) is 5.82 Å². The minimum Gasteiger partial charge on any atom is -0.383 e. The lowest BCUT2D eigenvalue weighted by Gasteiger charge is -2.12. The van der Waals surface area contributed by atoms with Crippen LogP contribution in [0, 0.1) is 0 Å². The summed E-state index contributed by atoms with van der Waals surface area (Å²) >= 11 is 0. The van der Waals surface area contributed by atoms with E-state index in [9.17, 15) is 13.2 Å². The average molecular weight is 268 g/mol. The number of rotatable bonds is 1. The van der Waals surface area contributed by atoms with E-state index in [1.807, 2.05) is 0 Å². The van der Waals surface area contributed by atoms with Gasteiger partial charge in [0.05, 0.1) is 16.6 Å². The Morgan fingerprint density at radius 1 is 1.16 bits per heavy atom. The van der Waals surface area contributed by atoms with Gasteiger partial charge in [0.2, 0.25) is 0 Å². The fourth-order valence-corrected chi connectivity index (χ4v) is 1.91. The van der Waals surface area contributed by atoms with Crippen LogP contribution < -0.4 is 11.5 Å². The number of nitrogens with two attached hydrogens (primary N) is 2. The summed E-state index contributed by atoms with van der Waals surface area (Å²) in [4.78, 5) is 8.24. The summed E-state index contributed by atoms with van der Waals surface area (Å²) in [7, 11) is 0. The molecule has 4 nitrogen and oxygen atoms in total. The van der Waals surface area contributed by atoms with E-state index in [4.69, 9.17) is 11.5 Å². The van der Waals surface area contributed by atoms with E-state index in [1.165, 1.54) is 6.07 Å². The lowest BCUT2D eigenvalue weighted by atomic mass is 10.1. The number of alkyl halides is 3. The summed E-state index contributed by atoms with van der Waals surface area (Å²) < 4.78 is 37.9. The SMILES string of the molecule is Nc1nc(C2(N)CC2)nc2ccc(C(F)(F)F)cc12. The maximum Gasteiger partial charge on any atom is 0.416 e. The predicted octanol–water partition coefficient (Wildman–Crippen LogP) is 2.18. The standard InChI is InChI=1S/C12H11F3N4/c13-12(14,15)6-1-2-8-7(5-6)9(16)19-10(18-8)11(17)3-4-11/h1-2,5H,3-4,17H2,(H2,16,18,19). The van der Waals surface area contributed by atoms with Gasteiger partial charge < -0.3 is 11.5 Å². The molecule has 7 heteroatoms. The molecule has 0 saturated heterocycles. The molecule has 0 atom stereocenters. The summed E-state index contributed by atoms with van der Waals surface area (Å²) in [6, 6.07) is 3.24. The molecule has 0 amide bonds. The van der Waals surface area contributed by atoms with Crippen LogP contribution in [0.25, 0.3) is 10.9 Å². The summed E-state index contributed by atoms with van der Waals surface area (Å²) in [6.07, 6.45) is -2.89. The molecule has 0 spiro atoms. The van der Waals surface area contributed by atoms with Crippen LogP contribution in [0.2, 0.25) is 0 Å². The summed E-state index contributed by atoms with van der Waals surface area (Å²) in [6.45, 7) is 0. The van der Waals surface area contributed by atoms with Crippen molar-refractivity contribution in [1.29, 1.82) is 0 Å². The van der Waals surface area contributed by atoms with Gasteiger partial charge in [-0.05, 0) is 31.0 Å². The number of nitrogen functional groups attached to an aromatic ring is 1. The van der Waals surface area contributed by atoms with Gasteiger partial charge in [0, 0.05) is 5.39 Å². The van der Waals surface area contributed by atoms with E-state index in [0.29, 0.717) is 11.3 Å². The molecule has 1 aliphatic carbocycles. The van der Waals surface area contributed by atoms with Gasteiger partial charge in [-0.1, -0.05) is 0 Å². The molecule has 0 unspecified atom stereocenters. The van der Waals surface area contributed by atoms with Crippen molar-refractivity contribution in [2.75, 3.05) is 5.73 Å². The Bertz CT molecular complexity index is 662. The third-order valence-corrected chi connectivity index (χ3v) is 3.29. The number of benzene rings is 1. The topological polar surface area (TPSA) is 77.8 Å². The first-order valence-electron chi connectivity index (χ1n) is 5.73. The van der Waals surface area contributed by atoms with Gasteiger partial charge in [0.15, 0.2) is 5.82 Å². The van der Waals surface area contributed by atoms with Gasteiger partial charge >= 0.3 is 6.18 Å². The molecule has 0 aliphatic heterocycles. The zero-order valence-electron chi connectivity index (χ0n) is 9.83. The van der Waals surface area contributed by atoms with Crippen molar-refractivity contribution in [3.63, 3.8) is 0 Å². The number of hydrogen-bond acceptors (Lipinski definition) is 4. The summed E-state index contributed by atoms with van der Waals surface area (Å²) in [5.74, 6) is 0.431. The number of halogens is 3. The van der Waals surface area contributed by atoms with Crippen LogP contribution in [0.15, 0.2) is 18.2 Å². The summed E-state index contributed by atoms with van der Waals surface area (Å²) in [5, 5.41) is 0.197. The fraction of sp³-hybridized carbons (Fsp3) is 0.333. The Kier molecular flexibility index (Phi) is 2.28. The van der Waals surface area contributed by atoms with Crippen molar-refractivity contribution in [3.05, 3.63) is 29.6 Å². The highest BCUT2D eigenvalue weighted by Crippen LogP contribution is 2.42. The molecule has 1 aromatic carbocycles. The number of nitrogens with zero attached hydrogens (tertiary/aromatic N) is 2. The van der Waals surface area contributed by atoms with E-state index >= 15 is 0 Å². The highest BCUT2D eigenvalue weighted by Gasteiger charge is 2.43. The van der Waals surface area contributed by atoms with Crippen LogP contribution in [0.3, 0.4) is 0 Å². The zero-order valence-corrected chi connectivity index (χ0v) is 9.83.